The molecule has 2 rings (SSSR count). The molecule has 5 heteroatoms. The van der Waals surface area contributed by atoms with Crippen LogP contribution in [0.15, 0.2) is 29.6 Å². The highest BCUT2D eigenvalue weighted by Gasteiger charge is 2.13. The third-order valence-electron chi connectivity index (χ3n) is 2.16. The molecule has 17 heavy (non-hydrogen) atoms. The molecule has 0 atom stereocenters. The molecule has 0 aromatic carbocycles. The van der Waals surface area contributed by atoms with Gasteiger partial charge in [-0.15, -0.1) is 11.3 Å². The zero-order chi connectivity index (χ0) is 12.3. The Morgan fingerprint density at radius 1 is 1.47 bits per heavy atom. The molecule has 1 N–H and O–H groups in total. The van der Waals surface area contributed by atoms with Crippen LogP contribution in [0.5, 0.6) is 5.88 Å². The largest absolute Gasteiger partial charge is 0.477 e. The fraction of sp³-hybridized carbons (Fsp3) is 0.167. The minimum absolute atomic E-state index is 0.0900. The number of hydrogen-bond donors (Lipinski definition) is 1. The lowest BCUT2D eigenvalue weighted by atomic mass is 10.2. The van der Waals surface area contributed by atoms with E-state index in [1.54, 1.807) is 24.3 Å². The van der Waals surface area contributed by atoms with Gasteiger partial charge in [0, 0.05) is 10.6 Å². The monoisotopic (exact) mass is 249 g/mol. The second-order valence-electron chi connectivity index (χ2n) is 3.48. The van der Waals surface area contributed by atoms with Crippen LogP contribution >= 0.6 is 11.3 Å². The Hall–Kier alpha value is -1.88. The lowest BCUT2D eigenvalue weighted by molar-refractivity contribution is 0.0690. The summed E-state index contributed by atoms with van der Waals surface area (Å²) in [4.78, 5) is 16.1. The second-order valence-corrected chi connectivity index (χ2v) is 4.51. The highest BCUT2D eigenvalue weighted by atomic mass is 32.1. The molecule has 0 spiro atoms. The van der Waals surface area contributed by atoms with Crippen LogP contribution in [0.2, 0.25) is 0 Å². The molecule has 0 aliphatic carbocycles. The Morgan fingerprint density at radius 2 is 2.29 bits per heavy atom. The van der Waals surface area contributed by atoms with Gasteiger partial charge in [-0.25, -0.2) is 9.78 Å². The van der Waals surface area contributed by atoms with E-state index in [2.05, 4.69) is 4.98 Å². The van der Waals surface area contributed by atoms with E-state index < -0.39 is 5.97 Å². The fourth-order valence-electron chi connectivity index (χ4n) is 1.34. The van der Waals surface area contributed by atoms with Gasteiger partial charge in [0.2, 0.25) is 5.88 Å². The molecule has 2 aromatic rings. The maximum Gasteiger partial charge on any atom is 0.341 e. The number of thiophene rings is 1. The van der Waals surface area contributed by atoms with Crippen molar-refractivity contribution in [1.29, 1.82) is 0 Å². The predicted molar refractivity (Wildman–Crippen MR) is 64.6 cm³/mol. The quantitative estimate of drug-likeness (QED) is 0.905. The van der Waals surface area contributed by atoms with Crippen LogP contribution in [0.3, 0.4) is 0 Å². The van der Waals surface area contributed by atoms with Crippen molar-refractivity contribution < 1.29 is 14.6 Å². The Bertz CT molecular complexity index is 523. The van der Waals surface area contributed by atoms with E-state index >= 15 is 0 Å². The maximum absolute atomic E-state index is 11.0. The summed E-state index contributed by atoms with van der Waals surface area (Å²) < 4.78 is 5.44. The lowest BCUT2D eigenvalue weighted by Gasteiger charge is -2.07. The maximum atomic E-state index is 11.0. The van der Waals surface area contributed by atoms with Gasteiger partial charge in [-0.2, -0.15) is 0 Å². The first-order valence-corrected chi connectivity index (χ1v) is 5.91. The molecule has 0 aliphatic rings. The van der Waals surface area contributed by atoms with Crippen molar-refractivity contribution >= 4 is 17.3 Å². The normalized spacial score (nSPS) is 10.2. The van der Waals surface area contributed by atoms with E-state index in [4.69, 9.17) is 9.84 Å². The van der Waals surface area contributed by atoms with E-state index in [-0.39, 0.29) is 11.4 Å². The van der Waals surface area contributed by atoms with Gasteiger partial charge in [0.15, 0.2) is 0 Å². The van der Waals surface area contributed by atoms with Crippen molar-refractivity contribution in [3.05, 3.63) is 45.8 Å². The Balaban J connectivity index is 2.19. The summed E-state index contributed by atoms with van der Waals surface area (Å²) in [5.74, 6) is -0.857. The van der Waals surface area contributed by atoms with Crippen LogP contribution in [0.4, 0.5) is 0 Å². The van der Waals surface area contributed by atoms with Crippen molar-refractivity contribution in [1.82, 2.24) is 4.98 Å². The van der Waals surface area contributed by atoms with E-state index in [1.807, 2.05) is 17.5 Å². The van der Waals surface area contributed by atoms with Gasteiger partial charge in [-0.3, -0.25) is 0 Å². The number of carboxylic acid groups (broad SMARTS) is 1. The number of ether oxygens (including phenoxy) is 1. The summed E-state index contributed by atoms with van der Waals surface area (Å²) in [6.45, 7) is 2.14. The molecule has 0 saturated heterocycles. The first kappa shape index (κ1) is 11.6. The molecular formula is C12H11NO3S. The number of nitrogens with zero attached hydrogens (tertiary/aromatic N) is 1. The third kappa shape index (κ3) is 2.82. The molecule has 4 nitrogen and oxygen atoms in total. The Labute approximate surface area is 103 Å². The van der Waals surface area contributed by atoms with Crippen LogP contribution < -0.4 is 4.74 Å². The second kappa shape index (κ2) is 4.97. The fourth-order valence-corrected chi connectivity index (χ4v) is 1.96. The number of rotatable bonds is 4. The van der Waals surface area contributed by atoms with Crippen LogP contribution in [0.25, 0.3) is 0 Å². The number of carboxylic acids is 1. The van der Waals surface area contributed by atoms with Crippen molar-refractivity contribution in [3.8, 4) is 5.88 Å². The number of pyridine rings is 1. The molecule has 0 aliphatic heterocycles. The predicted octanol–water partition coefficient (Wildman–Crippen LogP) is 2.73. The Morgan fingerprint density at radius 3 is 2.94 bits per heavy atom. The van der Waals surface area contributed by atoms with Crippen LogP contribution in [-0.2, 0) is 6.61 Å². The summed E-state index contributed by atoms with van der Waals surface area (Å²) in [7, 11) is 0. The first-order chi connectivity index (χ1) is 8.16. The van der Waals surface area contributed by atoms with Crippen LogP contribution in [0.1, 0.15) is 20.9 Å². The van der Waals surface area contributed by atoms with Crippen molar-refractivity contribution in [3.63, 3.8) is 0 Å². The van der Waals surface area contributed by atoms with Crippen molar-refractivity contribution in [2.45, 2.75) is 13.5 Å². The molecule has 2 heterocycles. The molecule has 0 radical (unpaired) electrons. The SMILES string of the molecule is Cc1ccc(C(=O)O)c(OCc2cccs2)n1. The minimum Gasteiger partial charge on any atom is -0.477 e. The first-order valence-electron chi connectivity index (χ1n) is 5.03. The zero-order valence-corrected chi connectivity index (χ0v) is 10.0. The third-order valence-corrected chi connectivity index (χ3v) is 3.01. The van der Waals surface area contributed by atoms with E-state index in [9.17, 15) is 4.79 Å². The van der Waals surface area contributed by atoms with Gasteiger partial charge < -0.3 is 9.84 Å². The van der Waals surface area contributed by atoms with Crippen LogP contribution in [-0.4, -0.2) is 16.1 Å². The summed E-state index contributed by atoms with van der Waals surface area (Å²) in [5, 5.41) is 10.9. The van der Waals surface area contributed by atoms with E-state index in [1.165, 1.54) is 6.07 Å². The molecule has 88 valence electrons. The molecular weight excluding hydrogens is 238 g/mol. The van der Waals surface area contributed by atoms with Crippen LogP contribution in [0, 0.1) is 6.92 Å². The number of aromatic nitrogens is 1. The van der Waals surface area contributed by atoms with Gasteiger partial charge >= 0.3 is 5.97 Å². The number of aryl methyl sites for hydroxylation is 1. The number of aromatic carboxylic acids is 1. The topological polar surface area (TPSA) is 59.4 Å². The number of hydrogen-bond acceptors (Lipinski definition) is 4. The van der Waals surface area contributed by atoms with Gasteiger partial charge in [0.25, 0.3) is 0 Å². The average Bonchev–Trinajstić information content (AvgIpc) is 2.78. The average molecular weight is 249 g/mol. The standard InChI is InChI=1S/C12H11NO3S/c1-8-4-5-10(12(14)15)11(13-8)16-7-9-3-2-6-17-9/h2-6H,7H2,1H3,(H,14,15). The lowest BCUT2D eigenvalue weighted by Crippen LogP contribution is -2.05. The number of carbonyl (C=O) groups is 1. The Kier molecular flexibility index (Phi) is 3.39. The van der Waals surface area contributed by atoms with Crippen molar-refractivity contribution in [2.75, 3.05) is 0 Å². The molecule has 2 aromatic heterocycles. The molecule has 0 amide bonds. The summed E-state index contributed by atoms with van der Waals surface area (Å²) in [6.07, 6.45) is 0. The van der Waals surface area contributed by atoms with E-state index in [0.29, 0.717) is 6.61 Å². The molecule has 0 bridgehead atoms. The smallest absolute Gasteiger partial charge is 0.341 e. The summed E-state index contributed by atoms with van der Waals surface area (Å²) >= 11 is 1.56. The highest BCUT2D eigenvalue weighted by molar-refractivity contribution is 7.09. The molecule has 0 saturated carbocycles. The molecule has 0 unspecified atom stereocenters. The molecule has 0 fully saturated rings. The zero-order valence-electron chi connectivity index (χ0n) is 9.21. The van der Waals surface area contributed by atoms with E-state index in [0.717, 1.165) is 10.6 Å². The summed E-state index contributed by atoms with van der Waals surface area (Å²) in [5.41, 5.74) is 0.823. The summed E-state index contributed by atoms with van der Waals surface area (Å²) in [6, 6.07) is 7.02. The van der Waals surface area contributed by atoms with Gasteiger partial charge in [-0.05, 0) is 30.5 Å². The van der Waals surface area contributed by atoms with Gasteiger partial charge in [0.1, 0.15) is 12.2 Å². The van der Waals surface area contributed by atoms with Crippen molar-refractivity contribution in [2.24, 2.45) is 0 Å². The minimum atomic E-state index is -1.03. The van der Waals surface area contributed by atoms with Gasteiger partial charge in [0.05, 0.1) is 0 Å². The van der Waals surface area contributed by atoms with Gasteiger partial charge in [-0.1, -0.05) is 6.07 Å². The highest BCUT2D eigenvalue weighted by Crippen LogP contribution is 2.19.